The molecular weight excluding hydrogens is 228 g/mol. The number of methoxy groups -OCH3 is 2. The standard InChI is InChI=1S/C15H22O3/c1-17-14-8-5-12(10-15(14)18-2)9-11-3-6-13(16)7-4-11/h5,8,10-11,13,16H,3-4,6-7,9H2,1-2H3. The van der Waals surface area contributed by atoms with E-state index < -0.39 is 0 Å². The zero-order valence-electron chi connectivity index (χ0n) is 11.2. The first-order chi connectivity index (χ1) is 8.72. The molecule has 0 unspecified atom stereocenters. The summed E-state index contributed by atoms with van der Waals surface area (Å²) < 4.78 is 10.6. The Morgan fingerprint density at radius 1 is 1.06 bits per heavy atom. The fraction of sp³-hybridized carbons (Fsp3) is 0.600. The van der Waals surface area contributed by atoms with Crippen LogP contribution in [0.3, 0.4) is 0 Å². The molecule has 0 radical (unpaired) electrons. The lowest BCUT2D eigenvalue weighted by Crippen LogP contribution is -2.19. The van der Waals surface area contributed by atoms with Gasteiger partial charge in [0.2, 0.25) is 0 Å². The van der Waals surface area contributed by atoms with E-state index in [9.17, 15) is 5.11 Å². The summed E-state index contributed by atoms with van der Waals surface area (Å²) in [5.74, 6) is 2.26. The highest BCUT2D eigenvalue weighted by Crippen LogP contribution is 2.31. The van der Waals surface area contributed by atoms with E-state index in [0.717, 1.165) is 43.6 Å². The smallest absolute Gasteiger partial charge is 0.160 e. The second-order valence-corrected chi connectivity index (χ2v) is 5.07. The summed E-state index contributed by atoms with van der Waals surface area (Å²) in [5.41, 5.74) is 1.29. The predicted molar refractivity (Wildman–Crippen MR) is 71.2 cm³/mol. The van der Waals surface area contributed by atoms with Crippen LogP contribution in [-0.4, -0.2) is 25.4 Å². The van der Waals surface area contributed by atoms with Crippen LogP contribution in [0, 0.1) is 5.92 Å². The average molecular weight is 250 g/mol. The summed E-state index contributed by atoms with van der Waals surface area (Å²) >= 11 is 0. The van der Waals surface area contributed by atoms with Crippen molar-refractivity contribution in [1.82, 2.24) is 0 Å². The molecule has 1 N–H and O–H groups in total. The van der Waals surface area contributed by atoms with Crippen molar-refractivity contribution in [2.75, 3.05) is 14.2 Å². The van der Waals surface area contributed by atoms with Crippen LogP contribution in [0.5, 0.6) is 11.5 Å². The highest BCUT2D eigenvalue weighted by Gasteiger charge is 2.19. The first-order valence-corrected chi connectivity index (χ1v) is 6.62. The first kappa shape index (κ1) is 13.2. The van der Waals surface area contributed by atoms with E-state index >= 15 is 0 Å². The van der Waals surface area contributed by atoms with Crippen molar-refractivity contribution < 1.29 is 14.6 Å². The molecule has 0 aromatic heterocycles. The summed E-state index contributed by atoms with van der Waals surface area (Å²) in [5, 5.41) is 9.51. The van der Waals surface area contributed by atoms with Crippen molar-refractivity contribution in [1.29, 1.82) is 0 Å². The molecule has 1 aliphatic carbocycles. The van der Waals surface area contributed by atoms with Crippen LogP contribution >= 0.6 is 0 Å². The summed E-state index contributed by atoms with van der Waals surface area (Å²) in [6, 6.07) is 6.13. The number of aliphatic hydroxyl groups excluding tert-OH is 1. The van der Waals surface area contributed by atoms with Crippen LogP contribution in [0.4, 0.5) is 0 Å². The summed E-state index contributed by atoms with van der Waals surface area (Å²) in [4.78, 5) is 0. The highest BCUT2D eigenvalue weighted by molar-refractivity contribution is 5.43. The van der Waals surface area contributed by atoms with Crippen molar-refractivity contribution in [3.63, 3.8) is 0 Å². The SMILES string of the molecule is COc1ccc(CC2CCC(O)CC2)cc1OC. The van der Waals surface area contributed by atoms with Gasteiger partial charge in [0.15, 0.2) is 11.5 Å². The third kappa shape index (κ3) is 3.16. The number of benzene rings is 1. The van der Waals surface area contributed by atoms with E-state index in [2.05, 4.69) is 12.1 Å². The quantitative estimate of drug-likeness (QED) is 0.893. The minimum absolute atomic E-state index is 0.0772. The monoisotopic (exact) mass is 250 g/mol. The second kappa shape index (κ2) is 6.10. The highest BCUT2D eigenvalue weighted by atomic mass is 16.5. The Kier molecular flexibility index (Phi) is 4.48. The minimum Gasteiger partial charge on any atom is -0.493 e. The Hall–Kier alpha value is -1.22. The molecule has 100 valence electrons. The van der Waals surface area contributed by atoms with Crippen molar-refractivity contribution >= 4 is 0 Å². The molecule has 0 bridgehead atoms. The molecule has 0 atom stereocenters. The zero-order chi connectivity index (χ0) is 13.0. The third-order valence-electron chi connectivity index (χ3n) is 3.79. The molecule has 0 heterocycles. The molecule has 3 nitrogen and oxygen atoms in total. The minimum atomic E-state index is -0.0772. The summed E-state index contributed by atoms with van der Waals surface area (Å²) in [7, 11) is 3.32. The lowest BCUT2D eigenvalue weighted by atomic mass is 9.83. The summed E-state index contributed by atoms with van der Waals surface area (Å²) in [6.45, 7) is 0. The molecule has 0 saturated heterocycles. The van der Waals surface area contributed by atoms with Crippen LogP contribution in [0.15, 0.2) is 18.2 Å². The van der Waals surface area contributed by atoms with Gasteiger partial charge in [-0.05, 0) is 55.7 Å². The maximum Gasteiger partial charge on any atom is 0.160 e. The molecule has 1 fully saturated rings. The number of hydrogen-bond donors (Lipinski definition) is 1. The molecule has 1 aliphatic rings. The number of aliphatic hydroxyl groups is 1. The zero-order valence-corrected chi connectivity index (χ0v) is 11.2. The van der Waals surface area contributed by atoms with Crippen molar-refractivity contribution in [3.05, 3.63) is 23.8 Å². The molecule has 2 rings (SSSR count). The fourth-order valence-electron chi connectivity index (χ4n) is 2.69. The molecule has 0 aliphatic heterocycles. The molecule has 0 amide bonds. The van der Waals surface area contributed by atoms with E-state index in [-0.39, 0.29) is 6.10 Å². The van der Waals surface area contributed by atoms with E-state index in [1.54, 1.807) is 14.2 Å². The Bertz CT molecular complexity index is 381. The Morgan fingerprint density at radius 3 is 2.33 bits per heavy atom. The van der Waals surface area contributed by atoms with Gasteiger partial charge in [0.25, 0.3) is 0 Å². The molecule has 3 heteroatoms. The molecule has 1 aromatic rings. The Morgan fingerprint density at radius 2 is 1.72 bits per heavy atom. The van der Waals surface area contributed by atoms with Crippen LogP contribution in [-0.2, 0) is 6.42 Å². The predicted octanol–water partition coefficient (Wildman–Crippen LogP) is 2.80. The van der Waals surface area contributed by atoms with Crippen LogP contribution in [0.1, 0.15) is 31.2 Å². The second-order valence-electron chi connectivity index (χ2n) is 5.07. The maximum absolute atomic E-state index is 9.51. The molecular formula is C15H22O3. The molecule has 1 saturated carbocycles. The van der Waals surface area contributed by atoms with Gasteiger partial charge in [-0.2, -0.15) is 0 Å². The van der Waals surface area contributed by atoms with E-state index in [1.807, 2.05) is 6.07 Å². The molecule has 18 heavy (non-hydrogen) atoms. The normalized spacial score (nSPS) is 23.7. The molecule has 1 aromatic carbocycles. The third-order valence-corrected chi connectivity index (χ3v) is 3.79. The van der Waals surface area contributed by atoms with Crippen molar-refractivity contribution in [3.8, 4) is 11.5 Å². The Balaban J connectivity index is 2.01. The van der Waals surface area contributed by atoms with Gasteiger partial charge >= 0.3 is 0 Å². The van der Waals surface area contributed by atoms with E-state index in [4.69, 9.17) is 9.47 Å². The number of ether oxygens (including phenoxy) is 2. The fourth-order valence-corrected chi connectivity index (χ4v) is 2.69. The first-order valence-electron chi connectivity index (χ1n) is 6.62. The van der Waals surface area contributed by atoms with Crippen LogP contribution in [0.2, 0.25) is 0 Å². The van der Waals surface area contributed by atoms with E-state index in [1.165, 1.54) is 5.56 Å². The topological polar surface area (TPSA) is 38.7 Å². The molecule has 0 spiro atoms. The van der Waals surface area contributed by atoms with Gasteiger partial charge in [0.05, 0.1) is 20.3 Å². The van der Waals surface area contributed by atoms with Crippen LogP contribution < -0.4 is 9.47 Å². The largest absolute Gasteiger partial charge is 0.493 e. The van der Waals surface area contributed by atoms with Crippen molar-refractivity contribution in [2.24, 2.45) is 5.92 Å². The van der Waals surface area contributed by atoms with Crippen LogP contribution in [0.25, 0.3) is 0 Å². The summed E-state index contributed by atoms with van der Waals surface area (Å²) in [6.07, 6.45) is 5.11. The number of hydrogen-bond acceptors (Lipinski definition) is 3. The van der Waals surface area contributed by atoms with Crippen molar-refractivity contribution in [2.45, 2.75) is 38.2 Å². The lowest BCUT2D eigenvalue weighted by Gasteiger charge is -2.25. The van der Waals surface area contributed by atoms with Gasteiger partial charge in [-0.3, -0.25) is 0 Å². The van der Waals surface area contributed by atoms with Gasteiger partial charge in [0.1, 0.15) is 0 Å². The lowest BCUT2D eigenvalue weighted by molar-refractivity contribution is 0.108. The average Bonchev–Trinajstić information content (AvgIpc) is 2.41. The van der Waals surface area contributed by atoms with Gasteiger partial charge in [-0.25, -0.2) is 0 Å². The number of rotatable bonds is 4. The van der Waals surface area contributed by atoms with Gasteiger partial charge in [0, 0.05) is 0 Å². The van der Waals surface area contributed by atoms with Gasteiger partial charge < -0.3 is 14.6 Å². The Labute approximate surface area is 109 Å². The maximum atomic E-state index is 9.51. The van der Waals surface area contributed by atoms with Gasteiger partial charge in [-0.15, -0.1) is 0 Å². The van der Waals surface area contributed by atoms with Gasteiger partial charge in [-0.1, -0.05) is 6.07 Å². The van der Waals surface area contributed by atoms with E-state index in [0.29, 0.717) is 5.92 Å².